The number of aryl methyl sites for hydroxylation is 1. The number of hydrogen-bond acceptors (Lipinski definition) is 5. The molecule has 1 aromatic heterocycles. The number of ether oxygens (including phenoxy) is 2. The summed E-state index contributed by atoms with van der Waals surface area (Å²) in [5, 5.41) is 4.57. The molecule has 0 spiro atoms. The van der Waals surface area contributed by atoms with Gasteiger partial charge in [0, 0.05) is 38.6 Å². The summed E-state index contributed by atoms with van der Waals surface area (Å²) in [5.41, 5.74) is 1.25. The molecule has 0 saturated heterocycles. The highest BCUT2D eigenvalue weighted by Crippen LogP contribution is 2.20. The van der Waals surface area contributed by atoms with Crippen LogP contribution < -0.4 is 5.32 Å². The summed E-state index contributed by atoms with van der Waals surface area (Å²) < 4.78 is 10.1. The fourth-order valence-electron chi connectivity index (χ4n) is 1.68. The monoisotopic (exact) mass is 272 g/mol. The predicted octanol–water partition coefficient (Wildman–Crippen LogP) is 2.02. The Bertz CT molecular complexity index is 329. The van der Waals surface area contributed by atoms with Crippen LogP contribution in [0.3, 0.4) is 0 Å². The maximum atomic E-state index is 5.10. The van der Waals surface area contributed by atoms with Gasteiger partial charge in [0.25, 0.3) is 0 Å². The summed E-state index contributed by atoms with van der Waals surface area (Å²) >= 11 is 1.80. The molecule has 0 bridgehead atoms. The van der Waals surface area contributed by atoms with Gasteiger partial charge in [0.2, 0.25) is 0 Å². The van der Waals surface area contributed by atoms with Gasteiger partial charge in [-0.2, -0.15) is 0 Å². The molecule has 0 radical (unpaired) electrons. The molecule has 1 aromatic rings. The third-order valence-electron chi connectivity index (χ3n) is 2.60. The Balaban J connectivity index is 2.53. The van der Waals surface area contributed by atoms with Gasteiger partial charge >= 0.3 is 0 Å². The summed E-state index contributed by atoms with van der Waals surface area (Å²) in [4.78, 5) is 6.06. The van der Waals surface area contributed by atoms with Crippen LogP contribution in [-0.2, 0) is 28.9 Å². The van der Waals surface area contributed by atoms with Crippen LogP contribution in [0.4, 0.5) is 0 Å². The molecule has 1 N–H and O–H groups in total. The molecule has 0 aliphatic heterocycles. The third-order valence-corrected chi connectivity index (χ3v) is 3.76. The summed E-state index contributed by atoms with van der Waals surface area (Å²) in [6.07, 6.45) is 3.11. The smallest absolute Gasteiger partial charge is 0.0954 e. The summed E-state index contributed by atoms with van der Waals surface area (Å²) in [7, 11) is 3.45. The highest BCUT2D eigenvalue weighted by atomic mass is 32.1. The van der Waals surface area contributed by atoms with Crippen LogP contribution >= 0.6 is 11.3 Å². The normalized spacial score (nSPS) is 11.1. The van der Waals surface area contributed by atoms with Gasteiger partial charge in [-0.3, -0.25) is 0 Å². The lowest BCUT2D eigenvalue weighted by Gasteiger charge is -2.03. The Morgan fingerprint density at radius 2 is 1.94 bits per heavy atom. The lowest BCUT2D eigenvalue weighted by molar-refractivity contribution is 0.199. The molecule has 0 amide bonds. The van der Waals surface area contributed by atoms with E-state index < -0.39 is 0 Å². The molecule has 1 heterocycles. The largest absolute Gasteiger partial charge is 0.384 e. The van der Waals surface area contributed by atoms with Gasteiger partial charge in [0.1, 0.15) is 0 Å². The Morgan fingerprint density at radius 1 is 1.17 bits per heavy atom. The van der Waals surface area contributed by atoms with Gasteiger partial charge in [-0.05, 0) is 6.42 Å². The number of methoxy groups -OCH3 is 2. The van der Waals surface area contributed by atoms with Crippen molar-refractivity contribution < 1.29 is 9.47 Å². The van der Waals surface area contributed by atoms with Crippen molar-refractivity contribution in [2.45, 2.75) is 32.7 Å². The zero-order chi connectivity index (χ0) is 13.2. The summed E-state index contributed by atoms with van der Waals surface area (Å²) in [6.45, 7) is 5.46. The average molecular weight is 272 g/mol. The van der Waals surface area contributed by atoms with Gasteiger partial charge in [-0.15, -0.1) is 11.3 Å². The molecular formula is C13H24N2O2S. The van der Waals surface area contributed by atoms with Gasteiger partial charge in [-0.1, -0.05) is 13.3 Å². The van der Waals surface area contributed by atoms with Crippen molar-refractivity contribution in [3.63, 3.8) is 0 Å². The fourth-order valence-corrected chi connectivity index (χ4v) is 2.74. The molecule has 104 valence electrons. The van der Waals surface area contributed by atoms with Crippen LogP contribution in [0.1, 0.15) is 28.9 Å². The van der Waals surface area contributed by atoms with E-state index in [-0.39, 0.29) is 0 Å². The van der Waals surface area contributed by atoms with Crippen molar-refractivity contribution in [2.75, 3.05) is 34.0 Å². The topological polar surface area (TPSA) is 43.4 Å². The van der Waals surface area contributed by atoms with Gasteiger partial charge in [-0.25, -0.2) is 4.98 Å². The number of rotatable bonds is 10. The lowest BCUT2D eigenvalue weighted by Crippen LogP contribution is -2.18. The lowest BCUT2D eigenvalue weighted by atomic mass is 10.2. The van der Waals surface area contributed by atoms with E-state index in [0.717, 1.165) is 45.6 Å². The quantitative estimate of drug-likeness (QED) is 0.662. The van der Waals surface area contributed by atoms with Crippen LogP contribution in [0.25, 0.3) is 0 Å². The minimum absolute atomic E-state index is 0.746. The van der Waals surface area contributed by atoms with Gasteiger partial charge in [0.15, 0.2) is 0 Å². The van der Waals surface area contributed by atoms with Crippen molar-refractivity contribution >= 4 is 11.3 Å². The van der Waals surface area contributed by atoms with Crippen LogP contribution in [-0.4, -0.2) is 39.0 Å². The molecule has 4 nitrogen and oxygen atoms in total. The standard InChI is InChI=1S/C13H24N2O2S/c1-4-5-11-12(10-14-7-9-17-3)18-13(15-11)6-8-16-2/h14H,4-10H2,1-3H3. The van der Waals surface area contributed by atoms with E-state index >= 15 is 0 Å². The van der Waals surface area contributed by atoms with Crippen LogP contribution in [0, 0.1) is 0 Å². The molecule has 0 unspecified atom stereocenters. The first-order chi connectivity index (χ1) is 8.81. The average Bonchev–Trinajstić information content (AvgIpc) is 2.75. The molecule has 0 saturated carbocycles. The zero-order valence-electron chi connectivity index (χ0n) is 11.6. The second-order valence-corrected chi connectivity index (χ2v) is 5.31. The molecule has 0 aliphatic carbocycles. The molecular weight excluding hydrogens is 248 g/mol. The summed E-state index contributed by atoms with van der Waals surface area (Å²) in [5.74, 6) is 0. The number of nitrogens with one attached hydrogen (secondary N) is 1. The van der Waals surface area contributed by atoms with E-state index in [2.05, 4.69) is 12.2 Å². The van der Waals surface area contributed by atoms with Gasteiger partial charge in [0.05, 0.1) is 23.9 Å². The maximum absolute atomic E-state index is 5.10. The minimum Gasteiger partial charge on any atom is -0.384 e. The van der Waals surface area contributed by atoms with E-state index in [9.17, 15) is 0 Å². The number of hydrogen-bond donors (Lipinski definition) is 1. The predicted molar refractivity (Wildman–Crippen MR) is 75.3 cm³/mol. The summed E-state index contributed by atoms with van der Waals surface area (Å²) in [6, 6.07) is 0. The zero-order valence-corrected chi connectivity index (χ0v) is 12.4. The first-order valence-electron chi connectivity index (χ1n) is 6.47. The molecule has 5 heteroatoms. The van der Waals surface area contributed by atoms with Crippen molar-refractivity contribution in [3.05, 3.63) is 15.6 Å². The highest BCUT2D eigenvalue weighted by Gasteiger charge is 2.10. The second kappa shape index (κ2) is 9.44. The fraction of sp³-hybridized carbons (Fsp3) is 0.769. The highest BCUT2D eigenvalue weighted by molar-refractivity contribution is 7.11. The van der Waals surface area contributed by atoms with Crippen molar-refractivity contribution in [1.29, 1.82) is 0 Å². The molecule has 0 fully saturated rings. The number of aromatic nitrogens is 1. The first-order valence-corrected chi connectivity index (χ1v) is 7.29. The molecule has 0 aromatic carbocycles. The third kappa shape index (κ3) is 5.44. The van der Waals surface area contributed by atoms with Crippen LogP contribution in [0.2, 0.25) is 0 Å². The minimum atomic E-state index is 0.746. The van der Waals surface area contributed by atoms with Crippen molar-refractivity contribution in [1.82, 2.24) is 10.3 Å². The van der Waals surface area contributed by atoms with Crippen LogP contribution in [0.15, 0.2) is 0 Å². The molecule has 18 heavy (non-hydrogen) atoms. The Kier molecular flexibility index (Phi) is 8.17. The maximum Gasteiger partial charge on any atom is 0.0954 e. The Labute approximate surface area is 114 Å². The number of nitrogens with zero attached hydrogens (tertiary/aromatic N) is 1. The SMILES string of the molecule is CCCc1nc(CCOC)sc1CNCCOC. The van der Waals surface area contributed by atoms with Crippen molar-refractivity contribution in [3.8, 4) is 0 Å². The van der Waals surface area contributed by atoms with Crippen molar-refractivity contribution in [2.24, 2.45) is 0 Å². The van der Waals surface area contributed by atoms with E-state index in [1.807, 2.05) is 0 Å². The Morgan fingerprint density at radius 3 is 2.61 bits per heavy atom. The van der Waals surface area contributed by atoms with E-state index in [1.54, 1.807) is 25.6 Å². The number of thiazole rings is 1. The Hall–Kier alpha value is -0.490. The molecule has 0 atom stereocenters. The van der Waals surface area contributed by atoms with E-state index in [4.69, 9.17) is 14.5 Å². The van der Waals surface area contributed by atoms with Gasteiger partial charge < -0.3 is 14.8 Å². The molecule has 0 aliphatic rings. The first kappa shape index (κ1) is 15.6. The molecule has 1 rings (SSSR count). The van der Waals surface area contributed by atoms with Crippen LogP contribution in [0.5, 0.6) is 0 Å². The van der Waals surface area contributed by atoms with E-state index in [1.165, 1.54) is 15.6 Å². The van der Waals surface area contributed by atoms with E-state index in [0.29, 0.717) is 0 Å². The second-order valence-electron chi connectivity index (χ2n) is 4.14.